The minimum Gasteiger partial charge on any atom is -0.305 e. The van der Waals surface area contributed by atoms with E-state index in [9.17, 15) is 10.1 Å². The summed E-state index contributed by atoms with van der Waals surface area (Å²) < 4.78 is 0. The monoisotopic (exact) mass is 311 g/mol. The highest BCUT2D eigenvalue weighted by molar-refractivity contribution is 6.32. The lowest BCUT2D eigenvalue weighted by atomic mass is 10.1. The molecule has 21 heavy (non-hydrogen) atoms. The Labute approximate surface area is 130 Å². The smallest absolute Gasteiger partial charge is 0.288 e. The molecule has 0 aromatic heterocycles. The minimum atomic E-state index is -0.417. The summed E-state index contributed by atoms with van der Waals surface area (Å²) in [6.45, 7) is 6.12. The maximum atomic E-state index is 11.0. The molecule has 0 saturated carbocycles. The highest BCUT2D eigenvalue weighted by Gasteiger charge is 2.23. The predicted molar refractivity (Wildman–Crippen MR) is 84.7 cm³/mol. The first-order valence-corrected chi connectivity index (χ1v) is 7.74. The first kappa shape index (κ1) is 16.2. The van der Waals surface area contributed by atoms with Gasteiger partial charge in [-0.2, -0.15) is 0 Å². The van der Waals surface area contributed by atoms with Gasteiger partial charge >= 0.3 is 0 Å². The minimum absolute atomic E-state index is 0.00541. The molecular weight excluding hydrogens is 290 g/mol. The average Bonchev–Trinajstić information content (AvgIpc) is 2.62. The molecule has 1 unspecified atom stereocenters. The Morgan fingerprint density at radius 2 is 2.19 bits per heavy atom. The third kappa shape index (κ3) is 4.15. The molecule has 1 aliphatic rings. The predicted octanol–water partition coefficient (Wildman–Crippen LogP) is 3.16. The maximum absolute atomic E-state index is 11.0. The van der Waals surface area contributed by atoms with Crippen LogP contribution >= 0.6 is 11.6 Å². The van der Waals surface area contributed by atoms with Crippen LogP contribution in [0.25, 0.3) is 0 Å². The van der Waals surface area contributed by atoms with E-state index in [1.807, 2.05) is 6.07 Å². The van der Waals surface area contributed by atoms with E-state index >= 15 is 0 Å². The zero-order valence-corrected chi connectivity index (χ0v) is 13.3. The van der Waals surface area contributed by atoms with Gasteiger partial charge in [-0.3, -0.25) is 15.0 Å². The third-order valence-electron chi connectivity index (χ3n) is 4.09. The molecule has 0 spiro atoms. The van der Waals surface area contributed by atoms with Gasteiger partial charge < -0.3 is 4.90 Å². The van der Waals surface area contributed by atoms with E-state index in [0.29, 0.717) is 6.04 Å². The summed E-state index contributed by atoms with van der Waals surface area (Å²) in [4.78, 5) is 15.4. The highest BCUT2D eigenvalue weighted by atomic mass is 35.5. The van der Waals surface area contributed by atoms with Gasteiger partial charge in [-0.15, -0.1) is 0 Å². The molecule has 0 N–H and O–H groups in total. The third-order valence-corrected chi connectivity index (χ3v) is 4.41. The highest BCUT2D eigenvalue weighted by Crippen LogP contribution is 2.26. The van der Waals surface area contributed by atoms with Crippen molar-refractivity contribution in [1.82, 2.24) is 9.80 Å². The molecular formula is C15H22ClN3O2. The van der Waals surface area contributed by atoms with Gasteiger partial charge in [0.2, 0.25) is 0 Å². The number of nitrogens with zero attached hydrogens (tertiary/aromatic N) is 3. The van der Waals surface area contributed by atoms with Crippen LogP contribution < -0.4 is 0 Å². The van der Waals surface area contributed by atoms with Gasteiger partial charge in [0, 0.05) is 31.7 Å². The Morgan fingerprint density at radius 1 is 1.43 bits per heavy atom. The Kier molecular flexibility index (Phi) is 5.56. The SMILES string of the molecule is CCC1CN(C)CCCN1Cc1ccc(Cl)c([N+](=O)[O-])c1. The average molecular weight is 312 g/mol. The molecule has 6 heteroatoms. The molecule has 1 aromatic rings. The number of nitro benzene ring substituents is 1. The molecule has 0 aliphatic carbocycles. The van der Waals surface area contributed by atoms with Crippen molar-refractivity contribution in [1.29, 1.82) is 0 Å². The Morgan fingerprint density at radius 3 is 2.86 bits per heavy atom. The summed E-state index contributed by atoms with van der Waals surface area (Å²) in [6.07, 6.45) is 2.21. The van der Waals surface area contributed by atoms with Gasteiger partial charge in [-0.1, -0.05) is 24.6 Å². The van der Waals surface area contributed by atoms with Crippen molar-refractivity contribution in [3.63, 3.8) is 0 Å². The van der Waals surface area contributed by atoms with Crippen molar-refractivity contribution in [2.24, 2.45) is 0 Å². The molecule has 0 bridgehead atoms. The normalized spacial score (nSPS) is 21.2. The van der Waals surface area contributed by atoms with E-state index < -0.39 is 4.92 Å². The molecule has 0 amide bonds. The number of nitro groups is 1. The van der Waals surface area contributed by atoms with Crippen LogP contribution in [0.3, 0.4) is 0 Å². The second-order valence-electron chi connectivity index (χ2n) is 5.69. The van der Waals surface area contributed by atoms with Gasteiger partial charge in [0.05, 0.1) is 4.92 Å². The summed E-state index contributed by atoms with van der Waals surface area (Å²) in [5.41, 5.74) is 0.947. The molecule has 1 heterocycles. The number of rotatable bonds is 4. The van der Waals surface area contributed by atoms with Crippen LogP contribution in [0.5, 0.6) is 0 Å². The van der Waals surface area contributed by atoms with Crippen LogP contribution in [-0.2, 0) is 6.54 Å². The molecule has 1 aliphatic heterocycles. The molecule has 2 rings (SSSR count). The Hall–Kier alpha value is -1.17. The molecule has 1 aromatic carbocycles. The Bertz CT molecular complexity index is 510. The van der Waals surface area contributed by atoms with Crippen LogP contribution in [0, 0.1) is 10.1 Å². The molecule has 5 nitrogen and oxygen atoms in total. The molecule has 116 valence electrons. The summed E-state index contributed by atoms with van der Waals surface area (Å²) in [6, 6.07) is 5.60. The topological polar surface area (TPSA) is 49.6 Å². The van der Waals surface area contributed by atoms with Gasteiger partial charge in [0.15, 0.2) is 0 Å². The zero-order valence-electron chi connectivity index (χ0n) is 12.6. The zero-order chi connectivity index (χ0) is 15.4. The fourth-order valence-electron chi connectivity index (χ4n) is 2.92. The summed E-state index contributed by atoms with van der Waals surface area (Å²) >= 11 is 5.87. The van der Waals surface area contributed by atoms with Gasteiger partial charge in [0.25, 0.3) is 5.69 Å². The number of hydrogen-bond donors (Lipinski definition) is 0. The van der Waals surface area contributed by atoms with E-state index in [-0.39, 0.29) is 10.7 Å². The van der Waals surface area contributed by atoms with E-state index in [1.165, 1.54) is 0 Å². The van der Waals surface area contributed by atoms with Gasteiger partial charge in [0.1, 0.15) is 5.02 Å². The van der Waals surface area contributed by atoms with Gasteiger partial charge in [-0.05, 0) is 38.1 Å². The van der Waals surface area contributed by atoms with E-state index in [0.717, 1.165) is 44.6 Å². The van der Waals surface area contributed by atoms with E-state index in [1.54, 1.807) is 12.1 Å². The summed E-state index contributed by atoms with van der Waals surface area (Å²) in [5.74, 6) is 0. The summed E-state index contributed by atoms with van der Waals surface area (Å²) in [7, 11) is 2.15. The number of hydrogen-bond acceptors (Lipinski definition) is 4. The number of halogens is 1. The van der Waals surface area contributed by atoms with Crippen molar-refractivity contribution in [2.75, 3.05) is 26.7 Å². The van der Waals surface area contributed by atoms with Crippen LogP contribution in [-0.4, -0.2) is 47.4 Å². The Balaban J connectivity index is 2.15. The fraction of sp³-hybridized carbons (Fsp3) is 0.600. The largest absolute Gasteiger partial charge is 0.305 e. The van der Waals surface area contributed by atoms with Crippen LogP contribution in [0.2, 0.25) is 5.02 Å². The fourth-order valence-corrected chi connectivity index (χ4v) is 3.11. The lowest BCUT2D eigenvalue weighted by Gasteiger charge is -2.30. The van der Waals surface area contributed by atoms with E-state index in [2.05, 4.69) is 23.8 Å². The van der Waals surface area contributed by atoms with Crippen LogP contribution in [0.1, 0.15) is 25.3 Å². The second-order valence-corrected chi connectivity index (χ2v) is 6.10. The van der Waals surface area contributed by atoms with Crippen molar-refractivity contribution < 1.29 is 4.92 Å². The van der Waals surface area contributed by atoms with Gasteiger partial charge in [-0.25, -0.2) is 0 Å². The number of benzene rings is 1. The standard InChI is InChI=1S/C15H22ClN3O2/c1-3-13-11-17(2)7-4-8-18(13)10-12-5-6-14(16)15(9-12)19(20)21/h5-6,9,13H,3-4,7-8,10-11H2,1-2H3. The van der Waals surface area contributed by atoms with Crippen molar-refractivity contribution in [3.05, 3.63) is 38.9 Å². The quantitative estimate of drug-likeness (QED) is 0.633. The lowest BCUT2D eigenvalue weighted by molar-refractivity contribution is -0.384. The molecule has 1 saturated heterocycles. The van der Waals surface area contributed by atoms with Crippen molar-refractivity contribution in [2.45, 2.75) is 32.4 Å². The van der Waals surface area contributed by atoms with Crippen LogP contribution in [0.15, 0.2) is 18.2 Å². The van der Waals surface area contributed by atoms with Crippen molar-refractivity contribution in [3.8, 4) is 0 Å². The first-order chi connectivity index (χ1) is 10.0. The first-order valence-electron chi connectivity index (χ1n) is 7.36. The maximum Gasteiger partial charge on any atom is 0.288 e. The number of likely N-dealkylation sites (N-methyl/N-ethyl adjacent to an activating group) is 1. The summed E-state index contributed by atoms with van der Waals surface area (Å²) in [5, 5.41) is 11.2. The molecule has 1 atom stereocenters. The van der Waals surface area contributed by atoms with Crippen LogP contribution in [0.4, 0.5) is 5.69 Å². The molecule has 1 fully saturated rings. The van der Waals surface area contributed by atoms with Crippen molar-refractivity contribution >= 4 is 17.3 Å². The lowest BCUT2D eigenvalue weighted by Crippen LogP contribution is -2.39. The van der Waals surface area contributed by atoms with E-state index in [4.69, 9.17) is 11.6 Å². The molecule has 0 radical (unpaired) electrons. The second kappa shape index (κ2) is 7.20.